The molecule has 0 amide bonds. The number of hydrogen-bond donors (Lipinski definition) is 0. The number of nitrogens with zero attached hydrogens (tertiary/aromatic N) is 4. The van der Waals surface area contributed by atoms with Gasteiger partial charge in [-0.2, -0.15) is 0 Å². The molecule has 1 aliphatic rings. The van der Waals surface area contributed by atoms with Crippen LogP contribution in [0.15, 0.2) is 134 Å². The van der Waals surface area contributed by atoms with Crippen LogP contribution in [-0.2, 0) is 0 Å². The van der Waals surface area contributed by atoms with Gasteiger partial charge in [0.15, 0.2) is 0 Å². The molecule has 7 aromatic rings. The summed E-state index contributed by atoms with van der Waals surface area (Å²) in [6, 6.07) is 44.7. The molecule has 0 bridgehead atoms. The maximum Gasteiger partial charge on any atom is 0.235 e. The quantitative estimate of drug-likeness (QED) is 0.244. The van der Waals surface area contributed by atoms with Crippen LogP contribution in [0.4, 0.5) is 34.4 Å². The van der Waals surface area contributed by atoms with Crippen LogP contribution in [0, 0.1) is 0 Å². The Bertz CT molecular complexity index is 2000. The maximum absolute atomic E-state index is 5.08. The van der Waals surface area contributed by atoms with E-state index in [9.17, 15) is 0 Å². The molecule has 0 unspecified atom stereocenters. The van der Waals surface area contributed by atoms with Crippen LogP contribution in [-0.4, -0.2) is 9.97 Å². The number of benzene rings is 6. The third kappa shape index (κ3) is 3.04. The van der Waals surface area contributed by atoms with Crippen molar-refractivity contribution in [1.82, 2.24) is 9.97 Å². The second-order valence-corrected chi connectivity index (χ2v) is 9.54. The zero-order valence-electron chi connectivity index (χ0n) is 20.5. The molecule has 178 valence electrons. The molecule has 2 heterocycles. The molecular formula is C34H22N4. The number of aromatic nitrogens is 2. The number of fused-ring (bicyclic) bond motifs is 7. The van der Waals surface area contributed by atoms with Crippen molar-refractivity contribution in [2.45, 2.75) is 0 Å². The van der Waals surface area contributed by atoms with Gasteiger partial charge in [0, 0.05) is 28.0 Å². The molecule has 0 spiro atoms. The fourth-order valence-electron chi connectivity index (χ4n) is 5.68. The van der Waals surface area contributed by atoms with Crippen molar-refractivity contribution in [3.05, 3.63) is 134 Å². The normalized spacial score (nSPS) is 12.6. The van der Waals surface area contributed by atoms with Crippen molar-refractivity contribution in [2.75, 3.05) is 9.80 Å². The monoisotopic (exact) mass is 486 g/mol. The molecule has 0 aliphatic carbocycles. The molecule has 0 atom stereocenters. The Kier molecular flexibility index (Phi) is 4.49. The molecule has 0 saturated heterocycles. The zero-order valence-corrected chi connectivity index (χ0v) is 20.5. The van der Waals surface area contributed by atoms with E-state index in [-0.39, 0.29) is 0 Å². The Balaban J connectivity index is 1.53. The minimum Gasteiger partial charge on any atom is -0.306 e. The van der Waals surface area contributed by atoms with Gasteiger partial charge in [-0.3, -0.25) is 4.90 Å². The minimum absolute atomic E-state index is 0.658. The molecule has 1 aromatic heterocycles. The van der Waals surface area contributed by atoms with Gasteiger partial charge >= 0.3 is 0 Å². The van der Waals surface area contributed by atoms with Gasteiger partial charge in [0.1, 0.15) is 0 Å². The summed E-state index contributed by atoms with van der Waals surface area (Å²) < 4.78 is 0. The molecule has 4 nitrogen and oxygen atoms in total. The van der Waals surface area contributed by atoms with Gasteiger partial charge < -0.3 is 4.90 Å². The summed E-state index contributed by atoms with van der Waals surface area (Å²) in [4.78, 5) is 14.6. The summed E-state index contributed by atoms with van der Waals surface area (Å²) in [6.07, 6.45) is 1.92. The van der Waals surface area contributed by atoms with Gasteiger partial charge in [0.25, 0.3) is 0 Å². The highest BCUT2D eigenvalue weighted by Gasteiger charge is 2.34. The van der Waals surface area contributed by atoms with E-state index in [2.05, 4.69) is 119 Å². The number of rotatable bonds is 2. The lowest BCUT2D eigenvalue weighted by Gasteiger charge is -2.40. The summed E-state index contributed by atoms with van der Waals surface area (Å²) in [5, 5.41) is 5.72. The Morgan fingerprint density at radius 2 is 1.00 bits per heavy atom. The molecule has 1 aliphatic heterocycles. The average molecular weight is 487 g/mol. The number of anilines is 6. The molecule has 0 fully saturated rings. The first-order valence-corrected chi connectivity index (χ1v) is 12.8. The van der Waals surface area contributed by atoms with Crippen LogP contribution in [0.25, 0.3) is 32.4 Å². The summed E-state index contributed by atoms with van der Waals surface area (Å²) in [5.41, 5.74) is 6.37. The predicted octanol–water partition coefficient (Wildman–Crippen LogP) is 9.19. The van der Waals surface area contributed by atoms with E-state index < -0.39 is 0 Å². The van der Waals surface area contributed by atoms with Crippen molar-refractivity contribution in [2.24, 2.45) is 0 Å². The van der Waals surface area contributed by atoms with Crippen LogP contribution in [0.5, 0.6) is 0 Å². The largest absolute Gasteiger partial charge is 0.306 e. The van der Waals surface area contributed by atoms with Gasteiger partial charge in [0.2, 0.25) is 5.95 Å². The maximum atomic E-state index is 5.08. The van der Waals surface area contributed by atoms with E-state index in [1.807, 2.05) is 24.4 Å². The number of hydrogen-bond acceptors (Lipinski definition) is 4. The van der Waals surface area contributed by atoms with Gasteiger partial charge in [-0.1, -0.05) is 97.1 Å². The van der Waals surface area contributed by atoms with E-state index in [0.29, 0.717) is 5.95 Å². The Morgan fingerprint density at radius 1 is 0.447 bits per heavy atom. The highest BCUT2D eigenvalue weighted by Crippen LogP contribution is 2.57. The van der Waals surface area contributed by atoms with Crippen LogP contribution < -0.4 is 9.80 Å². The fourth-order valence-corrected chi connectivity index (χ4v) is 5.68. The lowest BCUT2D eigenvalue weighted by atomic mass is 9.97. The highest BCUT2D eigenvalue weighted by molar-refractivity contribution is 6.16. The molecule has 0 N–H and O–H groups in total. The van der Waals surface area contributed by atoms with Crippen molar-refractivity contribution in [3.63, 3.8) is 0 Å². The van der Waals surface area contributed by atoms with E-state index in [0.717, 1.165) is 44.7 Å². The Labute approximate surface area is 220 Å². The number of para-hydroxylation sites is 2. The smallest absolute Gasteiger partial charge is 0.235 e. The SMILES string of the molecule is c1ccc(N2c3ccc4ccccc4c3N(c3ncc4ccccc4n3)c3ccc4ccccc4c32)cc1. The molecule has 0 radical (unpaired) electrons. The van der Waals surface area contributed by atoms with Crippen LogP contribution in [0.1, 0.15) is 0 Å². The van der Waals surface area contributed by atoms with Crippen LogP contribution >= 0.6 is 0 Å². The Morgan fingerprint density at radius 3 is 1.71 bits per heavy atom. The zero-order chi connectivity index (χ0) is 25.1. The van der Waals surface area contributed by atoms with Gasteiger partial charge in [0.05, 0.1) is 28.3 Å². The van der Waals surface area contributed by atoms with E-state index in [1.165, 1.54) is 16.2 Å². The molecule has 8 rings (SSSR count). The first-order valence-electron chi connectivity index (χ1n) is 12.8. The predicted molar refractivity (Wildman–Crippen MR) is 157 cm³/mol. The van der Waals surface area contributed by atoms with Gasteiger partial charge in [-0.05, 0) is 41.1 Å². The minimum atomic E-state index is 0.658. The average Bonchev–Trinajstić information content (AvgIpc) is 2.99. The van der Waals surface area contributed by atoms with Crippen molar-refractivity contribution in [3.8, 4) is 0 Å². The third-order valence-corrected chi connectivity index (χ3v) is 7.38. The second kappa shape index (κ2) is 8.15. The van der Waals surface area contributed by atoms with Crippen LogP contribution in [0.2, 0.25) is 0 Å². The van der Waals surface area contributed by atoms with Crippen LogP contribution in [0.3, 0.4) is 0 Å². The summed E-state index contributed by atoms with van der Waals surface area (Å²) in [7, 11) is 0. The molecular weight excluding hydrogens is 464 g/mol. The van der Waals surface area contributed by atoms with Crippen molar-refractivity contribution < 1.29 is 0 Å². The van der Waals surface area contributed by atoms with E-state index in [4.69, 9.17) is 9.97 Å². The molecule has 0 saturated carbocycles. The van der Waals surface area contributed by atoms with Gasteiger partial charge in [-0.15, -0.1) is 0 Å². The first kappa shape index (κ1) is 20.9. The van der Waals surface area contributed by atoms with Gasteiger partial charge in [-0.25, -0.2) is 9.97 Å². The fraction of sp³-hybridized carbons (Fsp3) is 0. The summed E-state index contributed by atoms with van der Waals surface area (Å²) in [6.45, 7) is 0. The molecule has 38 heavy (non-hydrogen) atoms. The lowest BCUT2D eigenvalue weighted by Crippen LogP contribution is -2.25. The summed E-state index contributed by atoms with van der Waals surface area (Å²) in [5.74, 6) is 0.658. The van der Waals surface area contributed by atoms with E-state index in [1.54, 1.807) is 0 Å². The topological polar surface area (TPSA) is 32.3 Å². The Hall–Kier alpha value is -5.22. The standard InChI is InChI=1S/C34H22N4/c1-2-13-26(14-3-1)37-30-20-18-24-11-5-8-16-28(24)33(30)38(34-35-22-25-12-6-9-17-29(25)36-34)31-21-19-23-10-4-7-15-27(23)32(31)37/h1-22H. The van der Waals surface area contributed by atoms with Crippen molar-refractivity contribution >= 4 is 66.8 Å². The lowest BCUT2D eigenvalue weighted by molar-refractivity contribution is 1.09. The van der Waals surface area contributed by atoms with E-state index >= 15 is 0 Å². The summed E-state index contributed by atoms with van der Waals surface area (Å²) >= 11 is 0. The third-order valence-electron chi connectivity index (χ3n) is 7.38. The van der Waals surface area contributed by atoms with Crippen molar-refractivity contribution in [1.29, 1.82) is 0 Å². The second-order valence-electron chi connectivity index (χ2n) is 9.54. The first-order chi connectivity index (χ1) is 18.9. The molecule has 6 aromatic carbocycles. The molecule has 4 heteroatoms. The highest BCUT2D eigenvalue weighted by atomic mass is 15.3.